The summed E-state index contributed by atoms with van der Waals surface area (Å²) in [5.41, 5.74) is 0.906. The smallest absolute Gasteiger partial charge is 0.128 e. The fraction of sp³-hybridized carbons (Fsp3) is 0.250. The molecule has 0 saturated carbocycles. The second-order valence-electron chi connectivity index (χ2n) is 3.71. The van der Waals surface area contributed by atoms with E-state index in [0.29, 0.717) is 5.88 Å². The molecular formula is C12H12BrClN2S. The van der Waals surface area contributed by atoms with Gasteiger partial charge in [0, 0.05) is 21.8 Å². The number of thiophene rings is 1. The Labute approximate surface area is 118 Å². The zero-order chi connectivity index (χ0) is 12.3. The molecule has 0 saturated heterocycles. The lowest BCUT2D eigenvalue weighted by Crippen LogP contribution is -2.17. The molecule has 90 valence electrons. The number of hydrogen-bond donors (Lipinski definition) is 0. The van der Waals surface area contributed by atoms with Crippen molar-refractivity contribution < 1.29 is 0 Å². The molecule has 0 aliphatic carbocycles. The number of anilines is 1. The van der Waals surface area contributed by atoms with E-state index in [9.17, 15) is 0 Å². The number of halogens is 2. The quantitative estimate of drug-likeness (QED) is 0.777. The highest BCUT2D eigenvalue weighted by atomic mass is 79.9. The third kappa shape index (κ3) is 3.44. The lowest BCUT2D eigenvalue weighted by molar-refractivity contribution is 0.904. The first-order valence-electron chi connectivity index (χ1n) is 5.15. The van der Waals surface area contributed by atoms with Gasteiger partial charge < -0.3 is 4.90 Å². The van der Waals surface area contributed by atoms with E-state index in [4.69, 9.17) is 11.6 Å². The molecule has 0 atom stereocenters. The molecule has 2 aromatic rings. The van der Waals surface area contributed by atoms with Crippen LogP contribution in [0.4, 0.5) is 5.82 Å². The first kappa shape index (κ1) is 12.9. The highest BCUT2D eigenvalue weighted by molar-refractivity contribution is 9.10. The van der Waals surface area contributed by atoms with Gasteiger partial charge in [-0.2, -0.15) is 0 Å². The molecule has 0 aliphatic heterocycles. The van der Waals surface area contributed by atoms with Crippen LogP contribution in [0.15, 0.2) is 34.1 Å². The molecule has 17 heavy (non-hydrogen) atoms. The van der Waals surface area contributed by atoms with E-state index in [2.05, 4.69) is 37.3 Å². The monoisotopic (exact) mass is 330 g/mol. The molecule has 2 rings (SSSR count). The maximum atomic E-state index is 5.78. The Morgan fingerprint density at radius 2 is 2.29 bits per heavy atom. The minimum absolute atomic E-state index is 0.451. The maximum absolute atomic E-state index is 5.78. The largest absolute Gasteiger partial charge is 0.355 e. The van der Waals surface area contributed by atoms with Crippen LogP contribution in [0.5, 0.6) is 0 Å². The Bertz CT molecular complexity index is 501. The summed E-state index contributed by atoms with van der Waals surface area (Å²) in [6.45, 7) is 0.856. The van der Waals surface area contributed by atoms with E-state index in [0.717, 1.165) is 22.5 Å². The van der Waals surface area contributed by atoms with E-state index in [1.807, 2.05) is 25.2 Å². The topological polar surface area (TPSA) is 16.1 Å². The van der Waals surface area contributed by atoms with Crippen molar-refractivity contribution >= 4 is 44.7 Å². The summed E-state index contributed by atoms with van der Waals surface area (Å²) in [6, 6.07) is 8.05. The Kier molecular flexibility index (Phi) is 4.42. The van der Waals surface area contributed by atoms with E-state index in [-0.39, 0.29) is 0 Å². The summed E-state index contributed by atoms with van der Waals surface area (Å²) in [6.07, 6.45) is 0. The van der Waals surface area contributed by atoms with Gasteiger partial charge in [0.25, 0.3) is 0 Å². The third-order valence-electron chi connectivity index (χ3n) is 2.33. The van der Waals surface area contributed by atoms with Gasteiger partial charge in [-0.25, -0.2) is 4.98 Å². The fourth-order valence-corrected chi connectivity index (χ4v) is 3.16. The van der Waals surface area contributed by atoms with Crippen LogP contribution in [0.3, 0.4) is 0 Å². The van der Waals surface area contributed by atoms with Crippen molar-refractivity contribution in [3.63, 3.8) is 0 Å². The third-order valence-corrected chi connectivity index (χ3v) is 4.29. The first-order chi connectivity index (χ1) is 8.19. The van der Waals surface area contributed by atoms with E-state index >= 15 is 0 Å². The van der Waals surface area contributed by atoms with Crippen molar-refractivity contribution in [3.05, 3.63) is 44.7 Å². The van der Waals surface area contributed by atoms with Crippen LogP contribution >= 0.6 is 38.9 Å². The number of pyridine rings is 1. The number of nitrogens with zero attached hydrogens (tertiary/aromatic N) is 2. The van der Waals surface area contributed by atoms with Crippen molar-refractivity contribution in [2.75, 3.05) is 11.9 Å². The molecule has 2 heterocycles. The number of rotatable bonds is 4. The lowest BCUT2D eigenvalue weighted by Gasteiger charge is -2.17. The number of hydrogen-bond acceptors (Lipinski definition) is 3. The molecule has 0 unspecified atom stereocenters. The SMILES string of the molecule is CN(Cc1cc(Br)cs1)c1cccc(CCl)n1. The van der Waals surface area contributed by atoms with Crippen LogP contribution in [-0.4, -0.2) is 12.0 Å². The minimum Gasteiger partial charge on any atom is -0.355 e. The van der Waals surface area contributed by atoms with Crippen LogP contribution < -0.4 is 4.90 Å². The first-order valence-corrected chi connectivity index (χ1v) is 7.35. The number of alkyl halides is 1. The van der Waals surface area contributed by atoms with Gasteiger partial charge in [0.2, 0.25) is 0 Å². The molecule has 0 amide bonds. The van der Waals surface area contributed by atoms with Crippen LogP contribution in [0.25, 0.3) is 0 Å². The summed E-state index contributed by atoms with van der Waals surface area (Å²) in [5, 5.41) is 2.09. The van der Waals surface area contributed by atoms with Crippen molar-refractivity contribution in [3.8, 4) is 0 Å². The van der Waals surface area contributed by atoms with Crippen molar-refractivity contribution in [2.24, 2.45) is 0 Å². The van der Waals surface area contributed by atoms with Crippen molar-refractivity contribution in [2.45, 2.75) is 12.4 Å². The summed E-state index contributed by atoms with van der Waals surface area (Å²) in [7, 11) is 2.04. The van der Waals surface area contributed by atoms with Gasteiger partial charge in [-0.1, -0.05) is 6.07 Å². The van der Waals surface area contributed by atoms with Crippen LogP contribution in [-0.2, 0) is 12.4 Å². The van der Waals surface area contributed by atoms with Crippen molar-refractivity contribution in [1.82, 2.24) is 4.98 Å². The zero-order valence-corrected chi connectivity index (χ0v) is 12.5. The molecular weight excluding hydrogens is 320 g/mol. The second kappa shape index (κ2) is 5.85. The molecule has 2 nitrogen and oxygen atoms in total. The minimum atomic E-state index is 0.451. The van der Waals surface area contributed by atoms with Gasteiger partial charge in [0.15, 0.2) is 0 Å². The molecule has 0 N–H and O–H groups in total. The van der Waals surface area contributed by atoms with E-state index in [1.165, 1.54) is 4.88 Å². The molecule has 0 fully saturated rings. The standard InChI is InChI=1S/C12H12BrClN2S/c1-16(7-11-5-9(13)8-17-11)12-4-2-3-10(6-14)15-12/h2-5,8H,6-7H2,1H3. The van der Waals surface area contributed by atoms with E-state index in [1.54, 1.807) is 11.3 Å². The zero-order valence-electron chi connectivity index (χ0n) is 9.36. The Balaban J connectivity index is 2.11. The summed E-state index contributed by atoms with van der Waals surface area (Å²) in [5.74, 6) is 1.40. The average molecular weight is 332 g/mol. The highest BCUT2D eigenvalue weighted by Crippen LogP contribution is 2.22. The lowest BCUT2D eigenvalue weighted by atomic mass is 10.3. The Morgan fingerprint density at radius 3 is 2.94 bits per heavy atom. The number of aromatic nitrogens is 1. The Morgan fingerprint density at radius 1 is 1.47 bits per heavy atom. The predicted octanol–water partition coefficient (Wildman–Crippen LogP) is 4.28. The van der Waals surface area contributed by atoms with Gasteiger partial charge in [-0.3, -0.25) is 0 Å². The summed E-state index contributed by atoms with van der Waals surface area (Å²) >= 11 is 11.0. The second-order valence-corrected chi connectivity index (χ2v) is 5.89. The molecule has 5 heteroatoms. The van der Waals surface area contributed by atoms with Crippen LogP contribution in [0.1, 0.15) is 10.6 Å². The molecule has 0 radical (unpaired) electrons. The van der Waals surface area contributed by atoms with Gasteiger partial charge in [-0.15, -0.1) is 22.9 Å². The molecule has 0 aromatic carbocycles. The Hall–Kier alpha value is -0.580. The van der Waals surface area contributed by atoms with Gasteiger partial charge in [0.05, 0.1) is 18.1 Å². The van der Waals surface area contributed by atoms with Gasteiger partial charge >= 0.3 is 0 Å². The highest BCUT2D eigenvalue weighted by Gasteiger charge is 2.06. The van der Waals surface area contributed by atoms with Crippen molar-refractivity contribution in [1.29, 1.82) is 0 Å². The fourth-order valence-electron chi connectivity index (χ4n) is 1.51. The molecule has 0 spiro atoms. The van der Waals surface area contributed by atoms with Gasteiger partial charge in [-0.05, 0) is 34.1 Å². The van der Waals surface area contributed by atoms with Crippen LogP contribution in [0.2, 0.25) is 0 Å². The maximum Gasteiger partial charge on any atom is 0.128 e. The molecule has 2 aromatic heterocycles. The predicted molar refractivity (Wildman–Crippen MR) is 77.9 cm³/mol. The normalized spacial score (nSPS) is 10.5. The van der Waals surface area contributed by atoms with Crippen LogP contribution in [0, 0.1) is 0 Å². The van der Waals surface area contributed by atoms with E-state index < -0.39 is 0 Å². The summed E-state index contributed by atoms with van der Waals surface area (Å²) in [4.78, 5) is 7.90. The average Bonchev–Trinajstić information content (AvgIpc) is 2.75. The summed E-state index contributed by atoms with van der Waals surface area (Å²) < 4.78 is 1.13. The van der Waals surface area contributed by atoms with Gasteiger partial charge in [0.1, 0.15) is 5.82 Å². The molecule has 0 bridgehead atoms. The molecule has 0 aliphatic rings.